The van der Waals surface area contributed by atoms with Crippen molar-refractivity contribution in [1.29, 1.82) is 0 Å². The second kappa shape index (κ2) is 9.69. The molecule has 0 saturated heterocycles. The van der Waals surface area contributed by atoms with Crippen molar-refractivity contribution in [2.24, 2.45) is 0 Å². The second-order valence-electron chi connectivity index (χ2n) is 9.80. The van der Waals surface area contributed by atoms with Crippen LogP contribution in [0.3, 0.4) is 0 Å². The first kappa shape index (κ1) is 23.2. The third-order valence-electron chi connectivity index (χ3n) is 7.39. The topological polar surface area (TPSA) is 97.6 Å². The summed E-state index contributed by atoms with van der Waals surface area (Å²) in [6.07, 6.45) is 2.46. The Morgan fingerprint density at radius 3 is 2.62 bits per heavy atom. The molecule has 9 rings (SSSR count). The van der Waals surface area contributed by atoms with Gasteiger partial charge in [-0.05, 0) is 77.9 Å². The molecule has 0 aliphatic carbocycles. The average molecular weight is 497 g/mol. The molecule has 4 aromatic rings. The van der Waals surface area contributed by atoms with Gasteiger partial charge in [0.2, 0.25) is 0 Å². The summed E-state index contributed by atoms with van der Waals surface area (Å²) in [6, 6.07) is 19.5. The van der Waals surface area contributed by atoms with Gasteiger partial charge in [0.25, 0.3) is 5.91 Å². The molecule has 0 spiro atoms. The number of carbonyl (C=O) groups excluding carboxylic acids is 1. The number of carboxylic acids is 1. The Kier molecular flexibility index (Phi) is 6.08. The number of aromatic nitrogens is 3. The number of benzene rings is 3. The molecule has 5 aliphatic heterocycles. The van der Waals surface area contributed by atoms with Crippen LogP contribution in [-0.4, -0.2) is 50.0 Å². The standard InChI is InChI=1S/C29H28N4O4/c34-28(35)17-25-21-4-3-19-11-13-32(18-23(19)15-21)29(36)20-5-8-24(9-6-20)37-14-2-1-12-33-27-10-7-22(25)16-26(27)30-31-33/h3-10,15-16,25H,1-2,11-14,17-18H2,(H,34,35). The lowest BCUT2D eigenvalue weighted by molar-refractivity contribution is -0.137. The van der Waals surface area contributed by atoms with Crippen molar-refractivity contribution in [2.45, 2.75) is 44.7 Å². The number of nitrogens with zero attached hydrogens (tertiary/aromatic N) is 4. The van der Waals surface area contributed by atoms with Gasteiger partial charge in [0.15, 0.2) is 0 Å². The fourth-order valence-corrected chi connectivity index (χ4v) is 5.37. The zero-order chi connectivity index (χ0) is 25.4. The minimum Gasteiger partial charge on any atom is -0.494 e. The molecular formula is C29H28N4O4. The van der Waals surface area contributed by atoms with Gasteiger partial charge in [-0.3, -0.25) is 9.59 Å². The van der Waals surface area contributed by atoms with E-state index in [1.54, 1.807) is 0 Å². The van der Waals surface area contributed by atoms with E-state index in [-0.39, 0.29) is 18.2 Å². The van der Waals surface area contributed by atoms with E-state index in [1.807, 2.05) is 58.1 Å². The molecule has 0 saturated carbocycles. The SMILES string of the molecule is O=C(O)CC1c2ccc3c(c2)CN(CC3)C(=O)c2ccc(cc2)OCCCCn2nnc3cc1ccc32. The van der Waals surface area contributed by atoms with Crippen molar-refractivity contribution in [2.75, 3.05) is 13.2 Å². The fourth-order valence-electron chi connectivity index (χ4n) is 5.37. The van der Waals surface area contributed by atoms with E-state index >= 15 is 0 Å². The summed E-state index contributed by atoms with van der Waals surface area (Å²) < 4.78 is 7.78. The molecule has 1 amide bonds. The van der Waals surface area contributed by atoms with Gasteiger partial charge in [-0.1, -0.05) is 29.5 Å². The van der Waals surface area contributed by atoms with Gasteiger partial charge in [-0.15, -0.1) is 5.10 Å². The molecule has 188 valence electrons. The van der Waals surface area contributed by atoms with Crippen LogP contribution in [0.25, 0.3) is 11.0 Å². The molecule has 5 aliphatic rings. The van der Waals surface area contributed by atoms with Crippen LogP contribution in [0.15, 0.2) is 60.7 Å². The lowest BCUT2D eigenvalue weighted by atomic mass is 9.85. The van der Waals surface area contributed by atoms with Gasteiger partial charge < -0.3 is 14.7 Å². The minimum atomic E-state index is -0.862. The van der Waals surface area contributed by atoms with Crippen LogP contribution in [0, 0.1) is 0 Å². The predicted octanol–water partition coefficient (Wildman–Crippen LogP) is 4.41. The smallest absolute Gasteiger partial charge is 0.304 e. The van der Waals surface area contributed by atoms with Crippen molar-refractivity contribution in [3.63, 3.8) is 0 Å². The summed E-state index contributed by atoms with van der Waals surface area (Å²) in [4.78, 5) is 27.0. The predicted molar refractivity (Wildman–Crippen MR) is 138 cm³/mol. The molecular weight excluding hydrogens is 468 g/mol. The van der Waals surface area contributed by atoms with Gasteiger partial charge in [-0.25, -0.2) is 4.68 Å². The summed E-state index contributed by atoms with van der Waals surface area (Å²) in [5, 5.41) is 18.4. The number of hydrogen-bond donors (Lipinski definition) is 1. The highest BCUT2D eigenvalue weighted by atomic mass is 16.5. The molecule has 1 N–H and O–H groups in total. The van der Waals surface area contributed by atoms with Crippen molar-refractivity contribution < 1.29 is 19.4 Å². The highest BCUT2D eigenvalue weighted by Gasteiger charge is 2.25. The van der Waals surface area contributed by atoms with E-state index in [9.17, 15) is 14.7 Å². The van der Waals surface area contributed by atoms with Gasteiger partial charge in [-0.2, -0.15) is 0 Å². The van der Waals surface area contributed by atoms with E-state index in [4.69, 9.17) is 4.74 Å². The molecule has 1 aromatic heterocycles. The molecule has 3 aromatic carbocycles. The number of rotatable bonds is 2. The quantitative estimate of drug-likeness (QED) is 0.442. The normalized spacial score (nSPS) is 17.8. The second-order valence-corrected chi connectivity index (χ2v) is 9.80. The molecule has 0 radical (unpaired) electrons. The largest absolute Gasteiger partial charge is 0.494 e. The Bertz CT molecular complexity index is 1480. The summed E-state index contributed by atoms with van der Waals surface area (Å²) in [5.41, 5.74) is 6.40. The number of ether oxygens (including phenoxy) is 1. The Hall–Kier alpha value is -4.20. The van der Waals surface area contributed by atoms with Crippen molar-refractivity contribution in [1.82, 2.24) is 19.9 Å². The van der Waals surface area contributed by atoms with E-state index in [1.165, 1.54) is 5.56 Å². The van der Waals surface area contributed by atoms with Crippen molar-refractivity contribution >= 4 is 22.9 Å². The molecule has 1 unspecified atom stereocenters. The van der Waals surface area contributed by atoms with E-state index in [0.717, 1.165) is 52.7 Å². The van der Waals surface area contributed by atoms with Gasteiger partial charge in [0.05, 0.1) is 18.5 Å². The van der Waals surface area contributed by atoms with Crippen molar-refractivity contribution in [3.8, 4) is 5.75 Å². The highest BCUT2D eigenvalue weighted by molar-refractivity contribution is 5.94. The fraction of sp³-hybridized carbons (Fsp3) is 0.310. The average Bonchev–Trinajstić information content (AvgIpc) is 3.32. The zero-order valence-electron chi connectivity index (χ0n) is 20.5. The minimum absolute atomic E-state index is 0.0107. The third kappa shape index (κ3) is 4.67. The Balaban J connectivity index is 1.41. The summed E-state index contributed by atoms with van der Waals surface area (Å²) in [6.45, 7) is 2.43. The lowest BCUT2D eigenvalue weighted by Crippen LogP contribution is -2.36. The monoisotopic (exact) mass is 496 g/mol. The van der Waals surface area contributed by atoms with E-state index in [2.05, 4.69) is 22.4 Å². The van der Waals surface area contributed by atoms with Gasteiger partial charge in [0, 0.05) is 31.1 Å². The van der Waals surface area contributed by atoms with Crippen LogP contribution < -0.4 is 4.74 Å². The molecule has 1 atom stereocenters. The first-order valence-corrected chi connectivity index (χ1v) is 12.7. The van der Waals surface area contributed by atoms with Crippen LogP contribution in [0.5, 0.6) is 5.75 Å². The molecule has 8 heteroatoms. The Labute approximate surface area is 214 Å². The lowest BCUT2D eigenvalue weighted by Gasteiger charge is -2.30. The first-order valence-electron chi connectivity index (χ1n) is 12.7. The summed E-state index contributed by atoms with van der Waals surface area (Å²) >= 11 is 0. The molecule has 0 fully saturated rings. The number of aryl methyl sites for hydroxylation is 1. The zero-order valence-corrected chi connectivity index (χ0v) is 20.5. The van der Waals surface area contributed by atoms with E-state index in [0.29, 0.717) is 31.8 Å². The Morgan fingerprint density at radius 2 is 1.78 bits per heavy atom. The first-order chi connectivity index (χ1) is 18.0. The highest BCUT2D eigenvalue weighted by Crippen LogP contribution is 2.33. The molecule has 37 heavy (non-hydrogen) atoms. The molecule has 6 heterocycles. The maximum Gasteiger partial charge on any atom is 0.304 e. The van der Waals surface area contributed by atoms with Crippen LogP contribution in [0.1, 0.15) is 57.8 Å². The van der Waals surface area contributed by atoms with Gasteiger partial charge in [0.1, 0.15) is 11.3 Å². The third-order valence-corrected chi connectivity index (χ3v) is 7.39. The van der Waals surface area contributed by atoms with Crippen LogP contribution in [0.2, 0.25) is 0 Å². The summed E-state index contributed by atoms with van der Waals surface area (Å²) in [5.74, 6) is -0.454. The van der Waals surface area contributed by atoms with E-state index < -0.39 is 5.97 Å². The van der Waals surface area contributed by atoms with Crippen LogP contribution in [-0.2, 0) is 24.3 Å². The number of carbonyl (C=O) groups is 2. The summed E-state index contributed by atoms with van der Waals surface area (Å²) in [7, 11) is 0. The molecule has 8 nitrogen and oxygen atoms in total. The van der Waals surface area contributed by atoms with Crippen LogP contribution >= 0.6 is 0 Å². The molecule has 9 bridgehead atoms. The maximum atomic E-state index is 13.3. The van der Waals surface area contributed by atoms with Gasteiger partial charge >= 0.3 is 5.97 Å². The maximum absolute atomic E-state index is 13.3. The Morgan fingerprint density at radius 1 is 0.973 bits per heavy atom. The number of hydrogen-bond acceptors (Lipinski definition) is 5. The number of carboxylic acid groups (broad SMARTS) is 1. The number of aliphatic carboxylic acids is 1. The van der Waals surface area contributed by atoms with Crippen LogP contribution in [0.4, 0.5) is 0 Å². The number of amides is 1. The van der Waals surface area contributed by atoms with Crippen molar-refractivity contribution in [3.05, 3.63) is 88.5 Å².